The summed E-state index contributed by atoms with van der Waals surface area (Å²) >= 11 is 5.54. The molecule has 0 spiro atoms. The predicted octanol–water partition coefficient (Wildman–Crippen LogP) is 3.16. The van der Waals surface area contributed by atoms with Gasteiger partial charge >= 0.3 is 0 Å². The van der Waals surface area contributed by atoms with Crippen LogP contribution in [0.3, 0.4) is 0 Å². The van der Waals surface area contributed by atoms with Crippen LogP contribution in [0.4, 0.5) is 4.39 Å². The number of nitrogens with zero attached hydrogens (tertiary/aromatic N) is 2. The Morgan fingerprint density at radius 3 is 2.31 bits per heavy atom. The van der Waals surface area contributed by atoms with Crippen molar-refractivity contribution >= 4 is 17.5 Å². The van der Waals surface area contributed by atoms with E-state index in [0.29, 0.717) is 6.54 Å². The van der Waals surface area contributed by atoms with Crippen LogP contribution < -0.4 is 5.73 Å². The van der Waals surface area contributed by atoms with E-state index in [1.54, 1.807) is 12.1 Å². The average molecular weight is 378 g/mol. The van der Waals surface area contributed by atoms with E-state index in [2.05, 4.69) is 4.90 Å². The highest BCUT2D eigenvalue weighted by Crippen LogP contribution is 2.13. The summed E-state index contributed by atoms with van der Waals surface area (Å²) in [6.07, 6.45) is 0. The summed E-state index contributed by atoms with van der Waals surface area (Å²) < 4.78 is 12.8. The molecule has 1 fully saturated rings. The number of nitrogens with two attached hydrogens (primary N) is 1. The summed E-state index contributed by atoms with van der Waals surface area (Å²) in [6.45, 7) is 5.25. The summed E-state index contributed by atoms with van der Waals surface area (Å²) in [5, 5.41) is 0.794. The van der Waals surface area contributed by atoms with E-state index in [1.807, 2.05) is 42.2 Å². The van der Waals surface area contributed by atoms with Crippen LogP contribution in [0.25, 0.3) is 0 Å². The Bertz CT molecular complexity index is 681. The fraction of sp³-hybridized carbons (Fsp3) is 0.350. The van der Waals surface area contributed by atoms with Crippen molar-refractivity contribution in [2.75, 3.05) is 26.2 Å². The van der Waals surface area contributed by atoms with Crippen LogP contribution in [0.1, 0.15) is 12.5 Å². The summed E-state index contributed by atoms with van der Waals surface area (Å²) in [5.74, 6) is -0.204. The van der Waals surface area contributed by atoms with E-state index >= 15 is 0 Å². The molecule has 1 atom stereocenters. The standard InChI is InChI=1S/C14H20FN3O.C6H5Cl/c1-11-9-17(6-7-18(11)14(19)8-16)10-12-2-4-13(15)5-3-12;7-6-4-2-1-3-5-6/h2-5,11H,6-10,16H2,1H3;1-5H. The summed E-state index contributed by atoms with van der Waals surface area (Å²) in [7, 11) is 0. The number of rotatable bonds is 3. The molecule has 2 aromatic carbocycles. The Balaban J connectivity index is 0.000000290. The topological polar surface area (TPSA) is 49.6 Å². The second kappa shape index (κ2) is 10.3. The van der Waals surface area contributed by atoms with Crippen molar-refractivity contribution < 1.29 is 9.18 Å². The van der Waals surface area contributed by atoms with Crippen molar-refractivity contribution in [3.05, 3.63) is 71.0 Å². The smallest absolute Gasteiger partial charge is 0.236 e. The molecule has 0 aliphatic carbocycles. The molecule has 26 heavy (non-hydrogen) atoms. The molecular formula is C20H25ClFN3O. The lowest BCUT2D eigenvalue weighted by Gasteiger charge is -2.39. The SMILES string of the molecule is CC1CN(Cc2ccc(F)cc2)CCN1C(=O)CN.Clc1ccccc1. The van der Waals surface area contributed by atoms with E-state index in [0.717, 1.165) is 30.2 Å². The Morgan fingerprint density at radius 1 is 1.15 bits per heavy atom. The number of halogens is 2. The second-order valence-electron chi connectivity index (χ2n) is 6.30. The van der Waals surface area contributed by atoms with Crippen molar-refractivity contribution in [2.45, 2.75) is 19.5 Å². The molecule has 1 saturated heterocycles. The van der Waals surface area contributed by atoms with Gasteiger partial charge in [-0.2, -0.15) is 0 Å². The Labute approximate surface area is 159 Å². The van der Waals surface area contributed by atoms with Crippen LogP contribution in [-0.2, 0) is 11.3 Å². The number of benzene rings is 2. The van der Waals surface area contributed by atoms with Gasteiger partial charge in [0.05, 0.1) is 6.54 Å². The van der Waals surface area contributed by atoms with Gasteiger partial charge in [-0.3, -0.25) is 9.69 Å². The van der Waals surface area contributed by atoms with Crippen LogP contribution in [-0.4, -0.2) is 47.9 Å². The molecule has 2 aromatic rings. The second-order valence-corrected chi connectivity index (χ2v) is 6.73. The molecule has 1 heterocycles. The Kier molecular flexibility index (Phi) is 8.04. The molecule has 0 aromatic heterocycles. The third-order valence-electron chi connectivity index (χ3n) is 4.26. The van der Waals surface area contributed by atoms with Gasteiger partial charge in [-0.05, 0) is 36.8 Å². The quantitative estimate of drug-likeness (QED) is 0.893. The van der Waals surface area contributed by atoms with Gasteiger partial charge in [0.25, 0.3) is 0 Å². The third kappa shape index (κ3) is 6.41. The molecule has 4 nitrogen and oxygen atoms in total. The minimum Gasteiger partial charge on any atom is -0.336 e. The highest BCUT2D eigenvalue weighted by atomic mass is 35.5. The van der Waals surface area contributed by atoms with Crippen LogP contribution in [0, 0.1) is 5.82 Å². The first-order chi connectivity index (χ1) is 12.5. The minimum absolute atomic E-state index is 0.00827. The number of carbonyl (C=O) groups excluding carboxylic acids is 1. The molecule has 3 rings (SSSR count). The zero-order chi connectivity index (χ0) is 18.9. The Hall–Kier alpha value is -1.95. The van der Waals surface area contributed by atoms with Gasteiger partial charge in [0, 0.05) is 37.2 Å². The first-order valence-electron chi connectivity index (χ1n) is 8.66. The van der Waals surface area contributed by atoms with Gasteiger partial charge in [0.15, 0.2) is 0 Å². The number of hydrogen-bond donors (Lipinski definition) is 1. The number of piperazine rings is 1. The van der Waals surface area contributed by atoms with Crippen LogP contribution >= 0.6 is 11.6 Å². The first kappa shape index (κ1) is 20.4. The lowest BCUT2D eigenvalue weighted by atomic mass is 10.1. The molecule has 0 saturated carbocycles. The van der Waals surface area contributed by atoms with Gasteiger partial charge in [-0.15, -0.1) is 0 Å². The van der Waals surface area contributed by atoms with Crippen molar-refractivity contribution in [3.63, 3.8) is 0 Å². The van der Waals surface area contributed by atoms with Gasteiger partial charge in [0.2, 0.25) is 5.91 Å². The van der Waals surface area contributed by atoms with Crippen LogP contribution in [0.5, 0.6) is 0 Å². The molecule has 1 aliphatic rings. The predicted molar refractivity (Wildman–Crippen MR) is 103 cm³/mol. The van der Waals surface area contributed by atoms with E-state index in [9.17, 15) is 9.18 Å². The number of hydrogen-bond acceptors (Lipinski definition) is 3. The molecule has 1 aliphatic heterocycles. The molecule has 1 amide bonds. The Morgan fingerprint density at radius 2 is 1.81 bits per heavy atom. The highest BCUT2D eigenvalue weighted by Gasteiger charge is 2.26. The molecule has 2 N–H and O–H groups in total. The van der Waals surface area contributed by atoms with Crippen molar-refractivity contribution in [2.24, 2.45) is 5.73 Å². The normalized spacial score (nSPS) is 17.4. The van der Waals surface area contributed by atoms with Crippen molar-refractivity contribution in [1.82, 2.24) is 9.80 Å². The maximum atomic E-state index is 12.8. The minimum atomic E-state index is -0.213. The number of carbonyl (C=O) groups is 1. The molecule has 0 bridgehead atoms. The summed E-state index contributed by atoms with van der Waals surface area (Å²) in [6, 6.07) is 16.2. The molecular weight excluding hydrogens is 353 g/mol. The molecule has 0 radical (unpaired) electrons. The van der Waals surface area contributed by atoms with E-state index in [1.165, 1.54) is 12.1 Å². The summed E-state index contributed by atoms with van der Waals surface area (Å²) in [5.41, 5.74) is 6.49. The molecule has 140 valence electrons. The van der Waals surface area contributed by atoms with Crippen molar-refractivity contribution in [3.8, 4) is 0 Å². The largest absolute Gasteiger partial charge is 0.336 e. The highest BCUT2D eigenvalue weighted by molar-refractivity contribution is 6.30. The van der Waals surface area contributed by atoms with Crippen molar-refractivity contribution in [1.29, 1.82) is 0 Å². The number of amides is 1. The van der Waals surface area contributed by atoms with Gasteiger partial charge in [-0.1, -0.05) is 41.9 Å². The van der Waals surface area contributed by atoms with Crippen LogP contribution in [0.2, 0.25) is 5.02 Å². The van der Waals surface area contributed by atoms with Crippen LogP contribution in [0.15, 0.2) is 54.6 Å². The maximum Gasteiger partial charge on any atom is 0.236 e. The fourth-order valence-corrected chi connectivity index (χ4v) is 3.07. The zero-order valence-electron chi connectivity index (χ0n) is 14.9. The lowest BCUT2D eigenvalue weighted by Crippen LogP contribution is -2.54. The summed E-state index contributed by atoms with van der Waals surface area (Å²) in [4.78, 5) is 15.7. The van der Waals surface area contributed by atoms with E-state index in [-0.39, 0.29) is 24.3 Å². The maximum absolute atomic E-state index is 12.8. The molecule has 1 unspecified atom stereocenters. The first-order valence-corrected chi connectivity index (χ1v) is 9.04. The molecule has 6 heteroatoms. The van der Waals surface area contributed by atoms with Gasteiger partial charge in [0.1, 0.15) is 5.82 Å². The fourth-order valence-electron chi connectivity index (χ4n) is 2.93. The third-order valence-corrected chi connectivity index (χ3v) is 4.51. The van der Waals surface area contributed by atoms with E-state index in [4.69, 9.17) is 17.3 Å². The monoisotopic (exact) mass is 377 g/mol. The lowest BCUT2D eigenvalue weighted by molar-refractivity contribution is -0.134. The van der Waals surface area contributed by atoms with Gasteiger partial charge < -0.3 is 10.6 Å². The average Bonchev–Trinajstić information content (AvgIpc) is 2.64. The van der Waals surface area contributed by atoms with Gasteiger partial charge in [-0.25, -0.2) is 4.39 Å². The zero-order valence-corrected chi connectivity index (χ0v) is 15.7. The van der Waals surface area contributed by atoms with E-state index < -0.39 is 0 Å².